The number of hydrogen-bond donors (Lipinski definition) is 2. The normalized spacial score (nSPS) is 11.4. The molecule has 112 valence electrons. The third-order valence-electron chi connectivity index (χ3n) is 2.68. The fourth-order valence-electron chi connectivity index (χ4n) is 1.67. The van der Waals surface area contributed by atoms with Crippen molar-refractivity contribution in [1.82, 2.24) is 0 Å². The van der Waals surface area contributed by atoms with Crippen molar-refractivity contribution in [2.24, 2.45) is 5.73 Å². The predicted molar refractivity (Wildman–Crippen MR) is 71.5 cm³/mol. The zero-order chi connectivity index (χ0) is 15.6. The summed E-state index contributed by atoms with van der Waals surface area (Å²) in [6.45, 7) is 0.142. The molecule has 0 aliphatic carbocycles. The summed E-state index contributed by atoms with van der Waals surface area (Å²) in [5, 5.41) is 0. The third-order valence-corrected chi connectivity index (χ3v) is 4.06. The Morgan fingerprint density at radius 3 is 2.24 bits per heavy atom. The molecule has 21 heavy (non-hydrogen) atoms. The van der Waals surface area contributed by atoms with Gasteiger partial charge >= 0.3 is 0 Å². The second kappa shape index (κ2) is 5.74. The van der Waals surface area contributed by atoms with E-state index in [1.165, 1.54) is 18.2 Å². The van der Waals surface area contributed by atoms with Gasteiger partial charge in [0, 0.05) is 18.7 Å². The number of anilines is 1. The van der Waals surface area contributed by atoms with Crippen molar-refractivity contribution in [3.8, 4) is 0 Å². The first-order valence-electron chi connectivity index (χ1n) is 5.80. The minimum Gasteiger partial charge on any atom is -0.326 e. The van der Waals surface area contributed by atoms with Crippen LogP contribution in [0.1, 0.15) is 5.56 Å². The first-order valence-corrected chi connectivity index (χ1v) is 7.28. The standard InChI is InChI=1S/C13H11F3N2O2S/c14-11-5-9(6-12(15)13(11)16)18-21(19,20)10-3-1-2-8(4-10)7-17/h1-6,18H,7,17H2. The van der Waals surface area contributed by atoms with Gasteiger partial charge in [0.1, 0.15) is 0 Å². The maximum absolute atomic E-state index is 13.1. The highest BCUT2D eigenvalue weighted by Crippen LogP contribution is 2.21. The second-order valence-electron chi connectivity index (χ2n) is 4.21. The van der Waals surface area contributed by atoms with Gasteiger partial charge in [0.05, 0.1) is 10.6 Å². The molecule has 2 rings (SSSR count). The van der Waals surface area contributed by atoms with Crippen LogP contribution in [-0.4, -0.2) is 8.42 Å². The van der Waals surface area contributed by atoms with Crippen molar-refractivity contribution < 1.29 is 21.6 Å². The quantitative estimate of drug-likeness (QED) is 0.851. The van der Waals surface area contributed by atoms with Crippen molar-refractivity contribution in [2.45, 2.75) is 11.4 Å². The summed E-state index contributed by atoms with van der Waals surface area (Å²) in [6.07, 6.45) is 0. The monoisotopic (exact) mass is 316 g/mol. The molecule has 2 aromatic carbocycles. The summed E-state index contributed by atoms with van der Waals surface area (Å²) in [4.78, 5) is -0.115. The van der Waals surface area contributed by atoms with Gasteiger partial charge in [0.2, 0.25) is 0 Å². The molecule has 0 amide bonds. The molecular formula is C13H11F3N2O2S. The van der Waals surface area contributed by atoms with Crippen LogP contribution in [-0.2, 0) is 16.6 Å². The molecule has 0 saturated heterocycles. The van der Waals surface area contributed by atoms with Gasteiger partial charge in [-0.1, -0.05) is 12.1 Å². The van der Waals surface area contributed by atoms with Gasteiger partial charge in [-0.05, 0) is 17.7 Å². The summed E-state index contributed by atoms with van der Waals surface area (Å²) >= 11 is 0. The Bertz CT molecular complexity index is 756. The fourth-order valence-corrected chi connectivity index (χ4v) is 2.78. The number of rotatable bonds is 4. The highest BCUT2D eigenvalue weighted by atomic mass is 32.2. The fraction of sp³-hybridized carbons (Fsp3) is 0.0769. The van der Waals surface area contributed by atoms with E-state index in [4.69, 9.17) is 5.73 Å². The Balaban J connectivity index is 2.37. The Hall–Kier alpha value is -2.06. The first kappa shape index (κ1) is 15.3. The molecule has 0 radical (unpaired) electrons. The summed E-state index contributed by atoms with van der Waals surface area (Å²) in [5.41, 5.74) is 5.58. The Morgan fingerprint density at radius 1 is 1.05 bits per heavy atom. The highest BCUT2D eigenvalue weighted by Gasteiger charge is 2.17. The number of halogens is 3. The van der Waals surface area contributed by atoms with Crippen LogP contribution in [0.4, 0.5) is 18.9 Å². The Morgan fingerprint density at radius 2 is 1.67 bits per heavy atom. The van der Waals surface area contributed by atoms with E-state index in [2.05, 4.69) is 0 Å². The molecule has 0 aromatic heterocycles. The van der Waals surface area contributed by atoms with Gasteiger partial charge in [-0.15, -0.1) is 0 Å². The van der Waals surface area contributed by atoms with Crippen LogP contribution in [0, 0.1) is 17.5 Å². The maximum Gasteiger partial charge on any atom is 0.261 e. The van der Waals surface area contributed by atoms with Gasteiger partial charge in [-0.3, -0.25) is 4.72 Å². The largest absolute Gasteiger partial charge is 0.326 e. The van der Waals surface area contributed by atoms with Crippen LogP contribution in [0.5, 0.6) is 0 Å². The molecule has 8 heteroatoms. The van der Waals surface area contributed by atoms with E-state index in [0.29, 0.717) is 17.7 Å². The third kappa shape index (κ3) is 3.34. The van der Waals surface area contributed by atoms with Crippen molar-refractivity contribution in [3.05, 3.63) is 59.4 Å². The van der Waals surface area contributed by atoms with Crippen LogP contribution < -0.4 is 10.5 Å². The van der Waals surface area contributed by atoms with Gasteiger partial charge in [-0.25, -0.2) is 21.6 Å². The number of nitrogens with one attached hydrogen (secondary N) is 1. The van der Waals surface area contributed by atoms with E-state index in [0.717, 1.165) is 0 Å². The number of hydrogen-bond acceptors (Lipinski definition) is 3. The van der Waals surface area contributed by atoms with Crippen LogP contribution in [0.25, 0.3) is 0 Å². The molecule has 0 atom stereocenters. The lowest BCUT2D eigenvalue weighted by atomic mass is 10.2. The SMILES string of the molecule is NCc1cccc(S(=O)(=O)Nc2cc(F)c(F)c(F)c2)c1. The van der Waals surface area contributed by atoms with Crippen molar-refractivity contribution in [3.63, 3.8) is 0 Å². The molecule has 2 aromatic rings. The lowest BCUT2D eigenvalue weighted by Gasteiger charge is -2.09. The molecule has 0 bridgehead atoms. The zero-order valence-corrected chi connectivity index (χ0v) is 11.4. The van der Waals surface area contributed by atoms with Gasteiger partial charge < -0.3 is 5.73 Å². The maximum atomic E-state index is 13.1. The molecule has 0 saturated carbocycles. The molecule has 0 unspecified atom stereocenters. The predicted octanol–water partition coefficient (Wildman–Crippen LogP) is 2.36. The van der Waals surface area contributed by atoms with Crippen molar-refractivity contribution in [2.75, 3.05) is 4.72 Å². The van der Waals surface area contributed by atoms with E-state index in [9.17, 15) is 21.6 Å². The molecule has 4 nitrogen and oxygen atoms in total. The number of sulfonamides is 1. The Labute approximate surface area is 119 Å². The van der Waals surface area contributed by atoms with Gasteiger partial charge in [0.15, 0.2) is 17.5 Å². The first-order chi connectivity index (χ1) is 9.83. The molecular weight excluding hydrogens is 305 g/mol. The van der Waals surface area contributed by atoms with E-state index >= 15 is 0 Å². The lowest BCUT2D eigenvalue weighted by molar-refractivity contribution is 0.448. The van der Waals surface area contributed by atoms with Crippen molar-refractivity contribution in [1.29, 1.82) is 0 Å². The summed E-state index contributed by atoms with van der Waals surface area (Å²) in [7, 11) is -4.05. The average molecular weight is 316 g/mol. The summed E-state index contributed by atoms with van der Waals surface area (Å²) in [6, 6.07) is 6.88. The topological polar surface area (TPSA) is 72.2 Å². The summed E-state index contributed by atoms with van der Waals surface area (Å²) < 4.78 is 65.1. The number of nitrogens with two attached hydrogens (primary N) is 1. The zero-order valence-electron chi connectivity index (χ0n) is 10.6. The van der Waals surface area contributed by atoms with Crippen LogP contribution in [0.3, 0.4) is 0 Å². The van der Waals surface area contributed by atoms with Crippen LogP contribution >= 0.6 is 0 Å². The molecule has 0 aliphatic rings. The lowest BCUT2D eigenvalue weighted by Crippen LogP contribution is -2.14. The molecule has 0 heterocycles. The van der Waals surface area contributed by atoms with E-state index in [1.54, 1.807) is 6.07 Å². The molecule has 3 N–H and O–H groups in total. The van der Waals surface area contributed by atoms with E-state index in [-0.39, 0.29) is 11.4 Å². The average Bonchev–Trinajstić information content (AvgIpc) is 2.44. The van der Waals surface area contributed by atoms with E-state index in [1.807, 2.05) is 4.72 Å². The molecule has 0 spiro atoms. The minimum absolute atomic E-state index is 0.115. The number of benzene rings is 2. The van der Waals surface area contributed by atoms with E-state index < -0.39 is 33.2 Å². The smallest absolute Gasteiger partial charge is 0.261 e. The van der Waals surface area contributed by atoms with Gasteiger partial charge in [-0.2, -0.15) is 0 Å². The second-order valence-corrected chi connectivity index (χ2v) is 5.89. The minimum atomic E-state index is -4.05. The molecule has 0 fully saturated rings. The van der Waals surface area contributed by atoms with Gasteiger partial charge in [0.25, 0.3) is 10.0 Å². The van der Waals surface area contributed by atoms with Crippen molar-refractivity contribution >= 4 is 15.7 Å². The van der Waals surface area contributed by atoms with Crippen LogP contribution in [0.2, 0.25) is 0 Å². The highest BCUT2D eigenvalue weighted by molar-refractivity contribution is 7.92. The molecule has 0 aliphatic heterocycles. The summed E-state index contributed by atoms with van der Waals surface area (Å²) in [5.74, 6) is -4.63. The Kier molecular flexibility index (Phi) is 4.19. The van der Waals surface area contributed by atoms with Crippen LogP contribution in [0.15, 0.2) is 41.3 Å².